The molecular formula is C16H24N2O3S. The highest BCUT2D eigenvalue weighted by Crippen LogP contribution is 2.28. The molecule has 0 aromatic heterocycles. The number of methoxy groups -OCH3 is 1. The highest BCUT2D eigenvalue weighted by atomic mass is 32.1. The summed E-state index contributed by atoms with van der Waals surface area (Å²) in [6.07, 6.45) is 0.997. The van der Waals surface area contributed by atoms with Gasteiger partial charge in [0.15, 0.2) is 16.6 Å². The average molecular weight is 324 g/mol. The second-order valence-corrected chi connectivity index (χ2v) is 5.79. The maximum Gasteiger partial charge on any atom is 0.222 e. The van der Waals surface area contributed by atoms with Crippen LogP contribution in [0.15, 0.2) is 18.2 Å². The number of benzene rings is 1. The normalized spacial score (nSPS) is 10.2. The third-order valence-corrected chi connectivity index (χ3v) is 3.17. The van der Waals surface area contributed by atoms with E-state index in [-0.39, 0.29) is 5.91 Å². The standard InChI is InChI=1S/C16H24N2O3S/c1-11(2)7-8-21-14-6-5-13(9-15(14)20-4)10-17-16(22)18-12(3)19/h5-6,9,11H,7-8,10H2,1-4H3,(H2,17,18,19,22). The van der Waals surface area contributed by atoms with Crippen LogP contribution in [-0.2, 0) is 11.3 Å². The molecule has 0 heterocycles. The topological polar surface area (TPSA) is 59.6 Å². The molecule has 0 radical (unpaired) electrons. The molecule has 1 aromatic rings. The number of ether oxygens (including phenoxy) is 2. The molecule has 1 amide bonds. The Kier molecular flexibility index (Phi) is 7.66. The van der Waals surface area contributed by atoms with Gasteiger partial charge in [0, 0.05) is 13.5 Å². The smallest absolute Gasteiger partial charge is 0.222 e. The van der Waals surface area contributed by atoms with Crippen molar-refractivity contribution < 1.29 is 14.3 Å². The van der Waals surface area contributed by atoms with Crippen molar-refractivity contribution >= 4 is 23.2 Å². The summed E-state index contributed by atoms with van der Waals surface area (Å²) in [5.74, 6) is 1.83. The molecule has 0 unspecified atom stereocenters. The summed E-state index contributed by atoms with van der Waals surface area (Å²) in [6.45, 7) is 6.90. The molecule has 0 aliphatic rings. The van der Waals surface area contributed by atoms with Gasteiger partial charge >= 0.3 is 0 Å². The van der Waals surface area contributed by atoms with Crippen molar-refractivity contribution in [3.8, 4) is 11.5 Å². The average Bonchev–Trinajstić information content (AvgIpc) is 2.44. The Morgan fingerprint density at radius 1 is 1.32 bits per heavy atom. The lowest BCUT2D eigenvalue weighted by Crippen LogP contribution is -2.37. The van der Waals surface area contributed by atoms with Gasteiger partial charge in [-0.25, -0.2) is 0 Å². The summed E-state index contributed by atoms with van der Waals surface area (Å²) in [4.78, 5) is 10.9. The van der Waals surface area contributed by atoms with Crippen LogP contribution in [0.25, 0.3) is 0 Å². The number of carbonyl (C=O) groups excluding carboxylic acids is 1. The quantitative estimate of drug-likeness (QED) is 0.755. The zero-order chi connectivity index (χ0) is 16.5. The van der Waals surface area contributed by atoms with Gasteiger partial charge in [-0.1, -0.05) is 19.9 Å². The lowest BCUT2D eigenvalue weighted by Gasteiger charge is -2.14. The van der Waals surface area contributed by atoms with Crippen LogP contribution < -0.4 is 20.1 Å². The first-order valence-corrected chi connectivity index (χ1v) is 7.68. The van der Waals surface area contributed by atoms with Gasteiger partial charge in [-0.15, -0.1) is 0 Å². The molecule has 0 fully saturated rings. The number of nitrogens with one attached hydrogen (secondary N) is 2. The van der Waals surface area contributed by atoms with Crippen LogP contribution in [0.1, 0.15) is 32.8 Å². The fraction of sp³-hybridized carbons (Fsp3) is 0.500. The third kappa shape index (κ3) is 6.76. The Morgan fingerprint density at radius 2 is 2.05 bits per heavy atom. The van der Waals surface area contributed by atoms with Crippen LogP contribution in [0, 0.1) is 5.92 Å². The lowest BCUT2D eigenvalue weighted by atomic mass is 10.1. The first-order valence-electron chi connectivity index (χ1n) is 7.27. The lowest BCUT2D eigenvalue weighted by molar-refractivity contribution is -0.117. The maximum atomic E-state index is 10.9. The Morgan fingerprint density at radius 3 is 2.64 bits per heavy atom. The van der Waals surface area contributed by atoms with E-state index in [1.54, 1.807) is 7.11 Å². The first-order chi connectivity index (χ1) is 10.4. The van der Waals surface area contributed by atoms with Crippen molar-refractivity contribution in [2.24, 2.45) is 5.92 Å². The van der Waals surface area contributed by atoms with Crippen molar-refractivity contribution in [3.63, 3.8) is 0 Å². The molecule has 2 N–H and O–H groups in total. The summed E-state index contributed by atoms with van der Waals surface area (Å²) in [5, 5.41) is 5.79. The van der Waals surface area contributed by atoms with E-state index in [4.69, 9.17) is 21.7 Å². The molecule has 6 heteroatoms. The first kappa shape index (κ1) is 18.2. The van der Waals surface area contributed by atoms with E-state index < -0.39 is 0 Å². The molecule has 122 valence electrons. The van der Waals surface area contributed by atoms with Gasteiger partial charge < -0.3 is 20.1 Å². The van der Waals surface area contributed by atoms with Crippen molar-refractivity contribution in [3.05, 3.63) is 23.8 Å². The molecule has 0 atom stereocenters. The van der Waals surface area contributed by atoms with Gasteiger partial charge in [0.2, 0.25) is 5.91 Å². The monoisotopic (exact) mass is 324 g/mol. The maximum absolute atomic E-state index is 10.9. The second kappa shape index (κ2) is 9.25. The minimum Gasteiger partial charge on any atom is -0.493 e. The second-order valence-electron chi connectivity index (χ2n) is 5.38. The predicted octanol–water partition coefficient (Wildman–Crippen LogP) is 2.63. The number of hydrogen-bond donors (Lipinski definition) is 2. The van der Waals surface area contributed by atoms with Crippen molar-refractivity contribution in [2.45, 2.75) is 33.7 Å². The zero-order valence-corrected chi connectivity index (χ0v) is 14.4. The molecule has 1 aromatic carbocycles. The van der Waals surface area contributed by atoms with E-state index >= 15 is 0 Å². The molecule has 0 spiro atoms. The molecule has 0 saturated heterocycles. The highest BCUT2D eigenvalue weighted by molar-refractivity contribution is 7.80. The number of rotatable bonds is 7. The molecule has 22 heavy (non-hydrogen) atoms. The Bertz CT molecular complexity index is 518. The summed E-state index contributed by atoms with van der Waals surface area (Å²) >= 11 is 5.00. The molecule has 0 aliphatic heterocycles. The molecule has 1 rings (SSSR count). The van der Waals surface area contributed by atoms with E-state index in [2.05, 4.69) is 24.5 Å². The van der Waals surface area contributed by atoms with Crippen LogP contribution in [0.5, 0.6) is 11.5 Å². The summed E-state index contributed by atoms with van der Waals surface area (Å²) in [6, 6.07) is 5.72. The zero-order valence-electron chi connectivity index (χ0n) is 13.6. The minimum absolute atomic E-state index is 0.191. The van der Waals surface area contributed by atoms with Crippen LogP contribution in [0.3, 0.4) is 0 Å². The SMILES string of the molecule is COc1cc(CNC(=S)NC(C)=O)ccc1OCCC(C)C. The van der Waals surface area contributed by atoms with Crippen molar-refractivity contribution in [1.29, 1.82) is 0 Å². The van der Waals surface area contributed by atoms with E-state index in [0.717, 1.165) is 17.7 Å². The minimum atomic E-state index is -0.191. The molecule has 0 bridgehead atoms. The van der Waals surface area contributed by atoms with E-state index in [0.29, 0.717) is 29.9 Å². The summed E-state index contributed by atoms with van der Waals surface area (Å²) < 4.78 is 11.1. The largest absolute Gasteiger partial charge is 0.493 e. The van der Waals surface area contributed by atoms with Crippen LogP contribution in [-0.4, -0.2) is 24.7 Å². The van der Waals surface area contributed by atoms with Crippen LogP contribution >= 0.6 is 12.2 Å². The Hall–Kier alpha value is -1.82. The van der Waals surface area contributed by atoms with Gasteiger partial charge in [0.1, 0.15) is 0 Å². The van der Waals surface area contributed by atoms with Crippen LogP contribution in [0.2, 0.25) is 0 Å². The number of carbonyl (C=O) groups is 1. The third-order valence-electron chi connectivity index (χ3n) is 2.92. The van der Waals surface area contributed by atoms with Gasteiger partial charge in [-0.05, 0) is 42.3 Å². The van der Waals surface area contributed by atoms with E-state index in [1.165, 1.54) is 6.92 Å². The van der Waals surface area contributed by atoms with Crippen molar-refractivity contribution in [1.82, 2.24) is 10.6 Å². The highest BCUT2D eigenvalue weighted by Gasteiger charge is 2.07. The summed E-state index contributed by atoms with van der Waals surface area (Å²) in [5.41, 5.74) is 0.987. The number of hydrogen-bond acceptors (Lipinski definition) is 4. The number of amides is 1. The fourth-order valence-corrected chi connectivity index (χ4v) is 1.95. The summed E-state index contributed by atoms with van der Waals surface area (Å²) in [7, 11) is 1.61. The van der Waals surface area contributed by atoms with Gasteiger partial charge in [0.05, 0.1) is 13.7 Å². The van der Waals surface area contributed by atoms with E-state index in [9.17, 15) is 4.79 Å². The molecule has 5 nitrogen and oxygen atoms in total. The van der Waals surface area contributed by atoms with E-state index in [1.807, 2.05) is 18.2 Å². The van der Waals surface area contributed by atoms with Crippen molar-refractivity contribution in [2.75, 3.05) is 13.7 Å². The number of thiocarbonyl (C=S) groups is 1. The Labute approximate surface area is 137 Å². The van der Waals surface area contributed by atoms with Gasteiger partial charge in [-0.3, -0.25) is 4.79 Å². The predicted molar refractivity (Wildman–Crippen MR) is 91.2 cm³/mol. The Balaban J connectivity index is 2.60. The van der Waals surface area contributed by atoms with Gasteiger partial charge in [-0.2, -0.15) is 0 Å². The molecular weight excluding hydrogens is 300 g/mol. The molecule has 0 saturated carbocycles. The van der Waals surface area contributed by atoms with Crippen LogP contribution in [0.4, 0.5) is 0 Å². The fourth-order valence-electron chi connectivity index (χ4n) is 1.73. The molecule has 0 aliphatic carbocycles. The van der Waals surface area contributed by atoms with Gasteiger partial charge in [0.25, 0.3) is 0 Å².